The normalized spacial score (nSPS) is 10.9. The van der Waals surface area contributed by atoms with Crippen molar-refractivity contribution in [2.45, 2.75) is 26.4 Å². The van der Waals surface area contributed by atoms with E-state index in [4.69, 9.17) is 15.0 Å². The predicted octanol–water partition coefficient (Wildman–Crippen LogP) is 4.63. The maximum absolute atomic E-state index is 5.82. The van der Waals surface area contributed by atoms with E-state index in [0.29, 0.717) is 23.9 Å². The molecular formula is C19H20N2O2. The number of aromatic nitrogens is 1. The molecule has 0 saturated carbocycles. The van der Waals surface area contributed by atoms with E-state index in [0.717, 1.165) is 16.9 Å². The van der Waals surface area contributed by atoms with Crippen molar-refractivity contribution in [1.29, 1.82) is 0 Å². The predicted molar refractivity (Wildman–Crippen MR) is 91.2 cm³/mol. The third-order valence-electron chi connectivity index (χ3n) is 3.78. The molecule has 0 aliphatic heterocycles. The Morgan fingerprint density at radius 3 is 2.30 bits per heavy atom. The van der Waals surface area contributed by atoms with Crippen LogP contribution in [0.25, 0.3) is 11.3 Å². The molecule has 0 fully saturated rings. The second-order valence-corrected chi connectivity index (χ2v) is 5.83. The summed E-state index contributed by atoms with van der Waals surface area (Å²) in [5, 5.41) is 3.89. The molecule has 4 heteroatoms. The van der Waals surface area contributed by atoms with Crippen molar-refractivity contribution in [3.05, 3.63) is 65.9 Å². The molecule has 2 aromatic carbocycles. The van der Waals surface area contributed by atoms with Crippen LogP contribution < -0.4 is 10.5 Å². The molecule has 0 saturated heterocycles. The number of ether oxygens (including phenoxy) is 1. The SMILES string of the molecule is CC(C)c1ccc(COc2ccc(-c3nocc3N)cc2)cc1. The molecule has 0 bridgehead atoms. The van der Waals surface area contributed by atoms with Crippen molar-refractivity contribution in [3.63, 3.8) is 0 Å². The molecule has 118 valence electrons. The smallest absolute Gasteiger partial charge is 0.147 e. The van der Waals surface area contributed by atoms with Crippen LogP contribution in [0.1, 0.15) is 30.9 Å². The molecule has 1 heterocycles. The van der Waals surface area contributed by atoms with Gasteiger partial charge in [-0.25, -0.2) is 0 Å². The standard InChI is InChI=1S/C19H20N2O2/c1-13(2)15-5-3-14(4-6-15)11-22-17-9-7-16(8-10-17)19-18(20)12-23-21-19/h3-10,12-13H,11,20H2,1-2H3. The summed E-state index contributed by atoms with van der Waals surface area (Å²) in [7, 11) is 0. The van der Waals surface area contributed by atoms with Gasteiger partial charge in [-0.05, 0) is 41.3 Å². The van der Waals surface area contributed by atoms with E-state index in [2.05, 4.69) is 43.3 Å². The fraction of sp³-hybridized carbons (Fsp3) is 0.211. The van der Waals surface area contributed by atoms with E-state index in [-0.39, 0.29) is 0 Å². The molecule has 0 spiro atoms. The number of rotatable bonds is 5. The Hall–Kier alpha value is -2.75. The lowest BCUT2D eigenvalue weighted by molar-refractivity contribution is 0.306. The Kier molecular flexibility index (Phi) is 4.33. The quantitative estimate of drug-likeness (QED) is 0.746. The fourth-order valence-electron chi connectivity index (χ4n) is 2.34. The lowest BCUT2D eigenvalue weighted by Gasteiger charge is -2.09. The maximum Gasteiger partial charge on any atom is 0.147 e. The first-order valence-electron chi connectivity index (χ1n) is 7.65. The van der Waals surface area contributed by atoms with Crippen LogP contribution in [-0.4, -0.2) is 5.16 Å². The van der Waals surface area contributed by atoms with Gasteiger partial charge in [-0.15, -0.1) is 0 Å². The van der Waals surface area contributed by atoms with Crippen LogP contribution >= 0.6 is 0 Å². The minimum Gasteiger partial charge on any atom is -0.489 e. The summed E-state index contributed by atoms with van der Waals surface area (Å²) in [5.41, 5.74) is 10.4. The Labute approximate surface area is 135 Å². The molecule has 0 aliphatic carbocycles. The van der Waals surface area contributed by atoms with E-state index in [9.17, 15) is 0 Å². The summed E-state index contributed by atoms with van der Waals surface area (Å²) in [4.78, 5) is 0. The highest BCUT2D eigenvalue weighted by Gasteiger charge is 2.07. The van der Waals surface area contributed by atoms with Gasteiger partial charge >= 0.3 is 0 Å². The van der Waals surface area contributed by atoms with Crippen molar-refractivity contribution in [2.24, 2.45) is 0 Å². The zero-order valence-corrected chi connectivity index (χ0v) is 13.3. The van der Waals surface area contributed by atoms with Crippen LogP contribution in [0.3, 0.4) is 0 Å². The van der Waals surface area contributed by atoms with Gasteiger partial charge < -0.3 is 15.0 Å². The molecule has 2 N–H and O–H groups in total. The van der Waals surface area contributed by atoms with Gasteiger partial charge in [0.1, 0.15) is 30.0 Å². The highest BCUT2D eigenvalue weighted by molar-refractivity contribution is 5.71. The van der Waals surface area contributed by atoms with Crippen molar-refractivity contribution >= 4 is 5.69 Å². The maximum atomic E-state index is 5.82. The molecule has 0 atom stereocenters. The summed E-state index contributed by atoms with van der Waals surface area (Å²) in [5.74, 6) is 1.35. The summed E-state index contributed by atoms with van der Waals surface area (Å²) in [6.07, 6.45) is 1.43. The van der Waals surface area contributed by atoms with Crippen LogP contribution in [0.5, 0.6) is 5.75 Å². The summed E-state index contributed by atoms with van der Waals surface area (Å²) in [6.45, 7) is 4.92. The molecule has 0 aliphatic rings. The highest BCUT2D eigenvalue weighted by atomic mass is 16.5. The van der Waals surface area contributed by atoms with Crippen LogP contribution in [0.15, 0.2) is 59.3 Å². The van der Waals surface area contributed by atoms with Gasteiger partial charge in [-0.3, -0.25) is 0 Å². The van der Waals surface area contributed by atoms with Gasteiger partial charge in [-0.1, -0.05) is 43.3 Å². The Bertz CT molecular complexity index is 759. The van der Waals surface area contributed by atoms with E-state index >= 15 is 0 Å². The second-order valence-electron chi connectivity index (χ2n) is 5.83. The van der Waals surface area contributed by atoms with Crippen molar-refractivity contribution < 1.29 is 9.26 Å². The number of benzene rings is 2. The zero-order chi connectivity index (χ0) is 16.2. The first kappa shape index (κ1) is 15.2. The molecule has 4 nitrogen and oxygen atoms in total. The van der Waals surface area contributed by atoms with Crippen LogP contribution in [0.2, 0.25) is 0 Å². The molecule has 3 aromatic rings. The van der Waals surface area contributed by atoms with Gasteiger partial charge in [0.25, 0.3) is 0 Å². The van der Waals surface area contributed by atoms with Gasteiger partial charge in [0.05, 0.1) is 0 Å². The third kappa shape index (κ3) is 3.54. The topological polar surface area (TPSA) is 61.3 Å². The Morgan fingerprint density at radius 2 is 1.74 bits per heavy atom. The summed E-state index contributed by atoms with van der Waals surface area (Å²) < 4.78 is 10.7. The molecular weight excluding hydrogens is 288 g/mol. The Morgan fingerprint density at radius 1 is 1.04 bits per heavy atom. The van der Waals surface area contributed by atoms with Crippen LogP contribution in [0.4, 0.5) is 5.69 Å². The minimum atomic E-state index is 0.531. The second kappa shape index (κ2) is 6.57. The first-order valence-corrected chi connectivity index (χ1v) is 7.65. The van der Waals surface area contributed by atoms with Crippen molar-refractivity contribution in [1.82, 2.24) is 5.16 Å². The largest absolute Gasteiger partial charge is 0.489 e. The van der Waals surface area contributed by atoms with E-state index < -0.39 is 0 Å². The third-order valence-corrected chi connectivity index (χ3v) is 3.78. The molecule has 3 rings (SSSR count). The van der Waals surface area contributed by atoms with Crippen LogP contribution in [0, 0.1) is 0 Å². The number of nitrogens with zero attached hydrogens (tertiary/aromatic N) is 1. The van der Waals surface area contributed by atoms with Crippen molar-refractivity contribution in [2.75, 3.05) is 5.73 Å². The molecule has 0 unspecified atom stereocenters. The molecule has 23 heavy (non-hydrogen) atoms. The number of nitrogens with two attached hydrogens (primary N) is 1. The van der Waals surface area contributed by atoms with E-state index in [1.807, 2.05) is 24.3 Å². The zero-order valence-electron chi connectivity index (χ0n) is 13.3. The number of nitrogen functional groups attached to an aromatic ring is 1. The minimum absolute atomic E-state index is 0.531. The Balaban J connectivity index is 1.63. The van der Waals surface area contributed by atoms with Gasteiger partial charge in [0.15, 0.2) is 0 Å². The van der Waals surface area contributed by atoms with Gasteiger partial charge in [0.2, 0.25) is 0 Å². The summed E-state index contributed by atoms with van der Waals surface area (Å²) >= 11 is 0. The fourth-order valence-corrected chi connectivity index (χ4v) is 2.34. The van der Waals surface area contributed by atoms with E-state index in [1.54, 1.807) is 0 Å². The number of anilines is 1. The molecule has 1 aromatic heterocycles. The monoisotopic (exact) mass is 308 g/mol. The average molecular weight is 308 g/mol. The summed E-state index contributed by atoms with van der Waals surface area (Å²) in [6, 6.07) is 16.2. The lowest BCUT2D eigenvalue weighted by Crippen LogP contribution is -1.96. The van der Waals surface area contributed by atoms with Crippen molar-refractivity contribution in [3.8, 4) is 17.0 Å². The average Bonchev–Trinajstić information content (AvgIpc) is 3.00. The van der Waals surface area contributed by atoms with Crippen LogP contribution in [-0.2, 0) is 6.61 Å². The number of hydrogen-bond acceptors (Lipinski definition) is 4. The van der Waals surface area contributed by atoms with Gasteiger partial charge in [0, 0.05) is 5.56 Å². The molecule has 0 amide bonds. The van der Waals surface area contributed by atoms with Gasteiger partial charge in [-0.2, -0.15) is 0 Å². The highest BCUT2D eigenvalue weighted by Crippen LogP contribution is 2.26. The number of hydrogen-bond donors (Lipinski definition) is 1. The van der Waals surface area contributed by atoms with E-state index in [1.165, 1.54) is 11.8 Å². The lowest BCUT2D eigenvalue weighted by atomic mass is 10.0. The first-order chi connectivity index (χ1) is 11.1. The molecule has 0 radical (unpaired) electrons.